The third-order valence-electron chi connectivity index (χ3n) is 3.99. The van der Waals surface area contributed by atoms with Crippen LogP contribution in [0.1, 0.15) is 23.0 Å². The van der Waals surface area contributed by atoms with Crippen LogP contribution in [0.5, 0.6) is 5.75 Å². The Labute approximate surface area is 155 Å². The molecule has 0 spiro atoms. The number of hydrogen-bond acceptors (Lipinski definition) is 5. The van der Waals surface area contributed by atoms with Gasteiger partial charge in [-0.15, -0.1) is 0 Å². The second-order valence-corrected chi connectivity index (χ2v) is 6.07. The van der Waals surface area contributed by atoms with Crippen molar-refractivity contribution in [1.82, 2.24) is 14.8 Å². The zero-order valence-corrected chi connectivity index (χ0v) is 14.5. The number of hydrogen-bond donors (Lipinski definition) is 3. The summed E-state index contributed by atoms with van der Waals surface area (Å²) < 4.78 is 1.55. The Hall–Kier alpha value is -3.68. The molecule has 0 aliphatic rings. The van der Waals surface area contributed by atoms with Crippen molar-refractivity contribution in [1.29, 1.82) is 0 Å². The van der Waals surface area contributed by atoms with Crippen molar-refractivity contribution in [2.45, 2.75) is 13.3 Å². The minimum atomic E-state index is -1.10. The summed E-state index contributed by atoms with van der Waals surface area (Å²) in [5, 5.41) is 25.5. The van der Waals surface area contributed by atoms with E-state index >= 15 is 0 Å². The number of amides is 1. The average molecular weight is 366 g/mol. The van der Waals surface area contributed by atoms with Crippen LogP contribution in [-0.2, 0) is 11.2 Å². The highest BCUT2D eigenvalue weighted by Crippen LogP contribution is 2.17. The van der Waals surface area contributed by atoms with Crippen molar-refractivity contribution in [3.63, 3.8) is 0 Å². The molecule has 3 rings (SSSR count). The van der Waals surface area contributed by atoms with Gasteiger partial charge in [0.1, 0.15) is 5.75 Å². The van der Waals surface area contributed by atoms with Gasteiger partial charge in [-0.05, 0) is 30.3 Å². The van der Waals surface area contributed by atoms with Crippen molar-refractivity contribution in [3.8, 4) is 11.6 Å². The predicted octanol–water partition coefficient (Wildman–Crippen LogP) is 2.49. The second-order valence-electron chi connectivity index (χ2n) is 6.07. The number of pyridine rings is 1. The number of carboxylic acids is 1. The van der Waals surface area contributed by atoms with E-state index in [0.717, 1.165) is 0 Å². The van der Waals surface area contributed by atoms with Gasteiger partial charge in [-0.2, -0.15) is 5.10 Å². The number of benzene rings is 1. The van der Waals surface area contributed by atoms with E-state index in [2.05, 4.69) is 15.4 Å². The lowest BCUT2D eigenvalue weighted by atomic mass is 10.0. The van der Waals surface area contributed by atoms with Crippen LogP contribution < -0.4 is 5.32 Å². The second kappa shape index (κ2) is 7.69. The third kappa shape index (κ3) is 4.30. The van der Waals surface area contributed by atoms with Crippen LogP contribution in [0, 0.1) is 5.92 Å². The molecule has 3 N–H and O–H groups in total. The minimum absolute atomic E-state index is 0.0423. The summed E-state index contributed by atoms with van der Waals surface area (Å²) in [6.45, 7) is 1.75. The third-order valence-corrected chi connectivity index (χ3v) is 3.99. The molecule has 0 saturated carbocycles. The molecule has 1 atom stereocenters. The van der Waals surface area contributed by atoms with E-state index in [1.54, 1.807) is 48.1 Å². The SMILES string of the molecule is CC(Cc1ccn(-c2ccc(O)cn2)n1)C(=O)Nc1ccccc1C(=O)O. The fourth-order valence-electron chi connectivity index (χ4n) is 2.55. The number of nitrogens with one attached hydrogen (secondary N) is 1. The van der Waals surface area contributed by atoms with Crippen LogP contribution in [0.15, 0.2) is 54.9 Å². The van der Waals surface area contributed by atoms with Crippen molar-refractivity contribution >= 4 is 17.6 Å². The van der Waals surface area contributed by atoms with Gasteiger partial charge in [0, 0.05) is 18.5 Å². The van der Waals surface area contributed by atoms with Gasteiger partial charge < -0.3 is 15.5 Å². The number of nitrogens with zero attached hydrogens (tertiary/aromatic N) is 3. The number of carboxylic acid groups (broad SMARTS) is 1. The maximum Gasteiger partial charge on any atom is 0.337 e. The molecule has 1 amide bonds. The first-order chi connectivity index (χ1) is 12.9. The molecule has 3 aromatic rings. The summed E-state index contributed by atoms with van der Waals surface area (Å²) in [4.78, 5) is 27.7. The Bertz CT molecular complexity index is 966. The van der Waals surface area contributed by atoms with E-state index in [4.69, 9.17) is 0 Å². The Morgan fingerprint density at radius 3 is 2.67 bits per heavy atom. The maximum atomic E-state index is 12.4. The molecular formula is C19H18N4O4. The Kier molecular flexibility index (Phi) is 5.16. The summed E-state index contributed by atoms with van der Waals surface area (Å²) in [5.41, 5.74) is 1.00. The first-order valence-corrected chi connectivity index (χ1v) is 8.27. The van der Waals surface area contributed by atoms with E-state index in [-0.39, 0.29) is 22.9 Å². The molecule has 1 aromatic carbocycles. The fourth-order valence-corrected chi connectivity index (χ4v) is 2.55. The maximum absolute atomic E-state index is 12.4. The van der Waals surface area contributed by atoms with Gasteiger partial charge in [-0.1, -0.05) is 19.1 Å². The van der Waals surface area contributed by atoms with Crippen molar-refractivity contribution in [2.24, 2.45) is 5.92 Å². The molecule has 138 valence electrons. The number of aromatic nitrogens is 3. The monoisotopic (exact) mass is 366 g/mol. The number of para-hydroxylation sites is 1. The van der Waals surface area contributed by atoms with Crippen LogP contribution in [-0.4, -0.2) is 36.9 Å². The zero-order valence-electron chi connectivity index (χ0n) is 14.5. The molecule has 8 heteroatoms. The predicted molar refractivity (Wildman–Crippen MR) is 97.9 cm³/mol. The normalized spacial score (nSPS) is 11.7. The van der Waals surface area contributed by atoms with Gasteiger partial charge in [0.25, 0.3) is 0 Å². The van der Waals surface area contributed by atoms with Crippen LogP contribution in [0.3, 0.4) is 0 Å². The van der Waals surface area contributed by atoms with E-state index in [9.17, 15) is 19.8 Å². The topological polar surface area (TPSA) is 117 Å². The summed E-state index contributed by atoms with van der Waals surface area (Å²) >= 11 is 0. The van der Waals surface area contributed by atoms with E-state index < -0.39 is 11.9 Å². The molecule has 1 unspecified atom stereocenters. The Morgan fingerprint density at radius 2 is 1.96 bits per heavy atom. The quantitative estimate of drug-likeness (QED) is 0.617. The lowest BCUT2D eigenvalue weighted by molar-refractivity contribution is -0.119. The summed E-state index contributed by atoms with van der Waals surface area (Å²) in [6, 6.07) is 11.2. The van der Waals surface area contributed by atoms with Crippen LogP contribution >= 0.6 is 0 Å². The number of anilines is 1. The van der Waals surface area contributed by atoms with Gasteiger partial charge in [-0.25, -0.2) is 14.5 Å². The van der Waals surface area contributed by atoms with Crippen molar-refractivity contribution in [2.75, 3.05) is 5.32 Å². The van der Waals surface area contributed by atoms with Gasteiger partial charge in [-0.3, -0.25) is 4.79 Å². The summed E-state index contributed by atoms with van der Waals surface area (Å²) in [6.07, 6.45) is 3.43. The minimum Gasteiger partial charge on any atom is -0.506 e. The highest BCUT2D eigenvalue weighted by atomic mass is 16.4. The van der Waals surface area contributed by atoms with Crippen molar-refractivity contribution in [3.05, 3.63) is 66.1 Å². The Balaban J connectivity index is 1.67. The Morgan fingerprint density at radius 1 is 1.19 bits per heavy atom. The number of carbonyl (C=O) groups excluding carboxylic acids is 1. The lowest BCUT2D eigenvalue weighted by Gasteiger charge is -2.12. The van der Waals surface area contributed by atoms with Gasteiger partial charge in [0.2, 0.25) is 5.91 Å². The molecule has 0 aliphatic heterocycles. The smallest absolute Gasteiger partial charge is 0.337 e. The average Bonchev–Trinajstić information content (AvgIpc) is 3.11. The first kappa shape index (κ1) is 18.1. The highest BCUT2D eigenvalue weighted by molar-refractivity contribution is 6.01. The van der Waals surface area contributed by atoms with Gasteiger partial charge >= 0.3 is 5.97 Å². The molecule has 27 heavy (non-hydrogen) atoms. The fraction of sp³-hybridized carbons (Fsp3) is 0.158. The molecule has 8 nitrogen and oxygen atoms in total. The largest absolute Gasteiger partial charge is 0.506 e. The van der Waals surface area contributed by atoms with Gasteiger partial charge in [0.15, 0.2) is 5.82 Å². The molecule has 0 radical (unpaired) electrons. The van der Waals surface area contributed by atoms with Gasteiger partial charge in [0.05, 0.1) is 23.1 Å². The molecule has 0 saturated heterocycles. The molecule has 2 heterocycles. The van der Waals surface area contributed by atoms with E-state index in [1.807, 2.05) is 0 Å². The molecule has 0 bridgehead atoms. The molecule has 0 aliphatic carbocycles. The number of aromatic hydroxyl groups is 1. The molecule has 0 fully saturated rings. The number of aromatic carboxylic acids is 1. The van der Waals surface area contributed by atoms with Crippen LogP contribution in [0.25, 0.3) is 5.82 Å². The lowest BCUT2D eigenvalue weighted by Crippen LogP contribution is -2.23. The van der Waals surface area contributed by atoms with E-state index in [0.29, 0.717) is 17.9 Å². The summed E-state index contributed by atoms with van der Waals surface area (Å²) in [5.74, 6) is -1.19. The molecular weight excluding hydrogens is 348 g/mol. The number of carbonyl (C=O) groups is 2. The van der Waals surface area contributed by atoms with E-state index in [1.165, 1.54) is 18.3 Å². The highest BCUT2D eigenvalue weighted by Gasteiger charge is 2.18. The number of rotatable bonds is 6. The molecule has 2 aromatic heterocycles. The zero-order chi connectivity index (χ0) is 19.4. The van der Waals surface area contributed by atoms with Crippen LogP contribution in [0.4, 0.5) is 5.69 Å². The standard InChI is InChI=1S/C19H18N4O4/c1-12(18(25)21-16-5-3-2-4-15(16)19(26)27)10-13-8-9-23(22-13)17-7-6-14(24)11-20-17/h2-9,11-12,24H,10H2,1H3,(H,21,25)(H,26,27). The first-order valence-electron chi connectivity index (χ1n) is 8.27. The van der Waals surface area contributed by atoms with Crippen LogP contribution in [0.2, 0.25) is 0 Å². The van der Waals surface area contributed by atoms with Crippen molar-refractivity contribution < 1.29 is 19.8 Å². The summed E-state index contributed by atoms with van der Waals surface area (Å²) in [7, 11) is 0.